The topological polar surface area (TPSA) is 32.5 Å². The van der Waals surface area contributed by atoms with E-state index in [-0.39, 0.29) is 11.9 Å². The zero-order valence-electron chi connectivity index (χ0n) is 12.8. The summed E-state index contributed by atoms with van der Waals surface area (Å²) in [5.41, 5.74) is 7.56. The van der Waals surface area contributed by atoms with Crippen molar-refractivity contribution >= 4 is 5.69 Å². The molecule has 0 amide bonds. The third kappa shape index (κ3) is 3.13. The highest BCUT2D eigenvalue weighted by Gasteiger charge is 2.25. The first-order valence-electron chi connectivity index (χ1n) is 7.53. The van der Waals surface area contributed by atoms with Gasteiger partial charge >= 0.3 is 0 Å². The number of rotatable bonds is 4. The Hall–Kier alpha value is -1.13. The Morgan fingerprint density at radius 2 is 2.05 bits per heavy atom. The molecule has 1 saturated heterocycles. The van der Waals surface area contributed by atoms with E-state index in [1.165, 1.54) is 6.07 Å². The summed E-state index contributed by atoms with van der Waals surface area (Å²) in [5, 5.41) is 0. The predicted molar refractivity (Wildman–Crippen MR) is 82.5 cm³/mol. The van der Waals surface area contributed by atoms with Gasteiger partial charge in [-0.2, -0.15) is 0 Å². The lowest BCUT2D eigenvalue weighted by molar-refractivity contribution is 0.220. The van der Waals surface area contributed by atoms with Gasteiger partial charge in [-0.05, 0) is 37.9 Å². The maximum atomic E-state index is 14.3. The smallest absolute Gasteiger partial charge is 0.146 e. The van der Waals surface area contributed by atoms with Crippen LogP contribution in [0.4, 0.5) is 10.1 Å². The number of nitrogens with zero attached hydrogens (tertiary/aromatic N) is 2. The van der Waals surface area contributed by atoms with Gasteiger partial charge < -0.3 is 15.5 Å². The summed E-state index contributed by atoms with van der Waals surface area (Å²) < 4.78 is 14.3. The minimum atomic E-state index is -0.166. The van der Waals surface area contributed by atoms with E-state index in [0.29, 0.717) is 11.7 Å². The zero-order valence-corrected chi connectivity index (χ0v) is 12.8. The van der Waals surface area contributed by atoms with Crippen molar-refractivity contribution in [3.63, 3.8) is 0 Å². The zero-order chi connectivity index (χ0) is 14.7. The normalized spacial score (nSPS) is 19.1. The van der Waals surface area contributed by atoms with Crippen LogP contribution in [0.5, 0.6) is 0 Å². The molecule has 0 spiro atoms. The van der Waals surface area contributed by atoms with Crippen LogP contribution in [0.1, 0.15) is 38.3 Å². The van der Waals surface area contributed by atoms with Gasteiger partial charge in [0.2, 0.25) is 0 Å². The Balaban J connectivity index is 2.19. The van der Waals surface area contributed by atoms with Crippen LogP contribution in [0.15, 0.2) is 18.2 Å². The first-order valence-corrected chi connectivity index (χ1v) is 7.53. The quantitative estimate of drug-likeness (QED) is 0.920. The van der Waals surface area contributed by atoms with Crippen molar-refractivity contribution in [1.29, 1.82) is 0 Å². The molecule has 0 aliphatic carbocycles. The molecule has 0 radical (unpaired) electrons. The lowest BCUT2D eigenvalue weighted by Gasteiger charge is -2.38. The molecule has 2 rings (SSSR count). The van der Waals surface area contributed by atoms with E-state index < -0.39 is 0 Å². The van der Waals surface area contributed by atoms with E-state index in [0.717, 1.165) is 38.0 Å². The monoisotopic (exact) mass is 279 g/mol. The molecule has 4 heteroatoms. The molecule has 1 aliphatic heterocycles. The Bertz CT molecular complexity index is 439. The van der Waals surface area contributed by atoms with Crippen molar-refractivity contribution in [2.24, 2.45) is 5.73 Å². The number of hydrogen-bond donors (Lipinski definition) is 1. The van der Waals surface area contributed by atoms with Gasteiger partial charge in [-0.25, -0.2) is 4.39 Å². The molecular formula is C16H26FN3. The second-order valence-corrected chi connectivity index (χ2v) is 5.74. The van der Waals surface area contributed by atoms with E-state index in [2.05, 4.69) is 16.7 Å². The van der Waals surface area contributed by atoms with Crippen LogP contribution in [-0.2, 0) is 0 Å². The Labute approximate surface area is 121 Å². The van der Waals surface area contributed by atoms with E-state index in [1.54, 1.807) is 6.07 Å². The van der Waals surface area contributed by atoms with Gasteiger partial charge in [-0.15, -0.1) is 0 Å². The number of piperidine rings is 1. The molecule has 0 bridgehead atoms. The first-order chi connectivity index (χ1) is 9.54. The van der Waals surface area contributed by atoms with Crippen molar-refractivity contribution in [3.05, 3.63) is 29.6 Å². The largest absolute Gasteiger partial charge is 0.369 e. The molecule has 20 heavy (non-hydrogen) atoms. The number of para-hydroxylation sites is 1. The summed E-state index contributed by atoms with van der Waals surface area (Å²) in [6.45, 7) is 7.38. The molecule has 1 fully saturated rings. The minimum Gasteiger partial charge on any atom is -0.369 e. The molecule has 1 aromatic rings. The second-order valence-electron chi connectivity index (χ2n) is 5.74. The molecule has 3 nitrogen and oxygen atoms in total. The van der Waals surface area contributed by atoms with Gasteiger partial charge in [0.25, 0.3) is 0 Å². The van der Waals surface area contributed by atoms with Crippen LogP contribution in [-0.4, -0.2) is 37.6 Å². The van der Waals surface area contributed by atoms with Gasteiger partial charge in [0.05, 0.1) is 5.69 Å². The van der Waals surface area contributed by atoms with Crippen molar-refractivity contribution in [1.82, 2.24) is 4.90 Å². The molecule has 1 aromatic carbocycles. The summed E-state index contributed by atoms with van der Waals surface area (Å²) in [5.74, 6) is -0.166. The Morgan fingerprint density at radius 3 is 2.60 bits per heavy atom. The summed E-state index contributed by atoms with van der Waals surface area (Å²) in [6.07, 6.45) is 2.16. The van der Waals surface area contributed by atoms with Crippen LogP contribution in [0.3, 0.4) is 0 Å². The highest BCUT2D eigenvalue weighted by atomic mass is 19.1. The number of halogens is 1. The molecule has 1 atom stereocenters. The molecule has 112 valence electrons. The van der Waals surface area contributed by atoms with Gasteiger partial charge in [0.15, 0.2) is 0 Å². The number of likely N-dealkylation sites (tertiary alicyclic amines) is 1. The van der Waals surface area contributed by atoms with Gasteiger partial charge in [0, 0.05) is 32.2 Å². The Morgan fingerprint density at radius 1 is 1.40 bits per heavy atom. The summed E-state index contributed by atoms with van der Waals surface area (Å²) in [7, 11) is 2.00. The molecular weight excluding hydrogens is 253 g/mol. The number of nitrogens with two attached hydrogens (primary N) is 1. The van der Waals surface area contributed by atoms with Crippen molar-refractivity contribution < 1.29 is 4.39 Å². The van der Waals surface area contributed by atoms with Crippen molar-refractivity contribution in [3.8, 4) is 0 Å². The lowest BCUT2D eigenvalue weighted by Crippen LogP contribution is -2.44. The van der Waals surface area contributed by atoms with Crippen molar-refractivity contribution in [2.45, 2.75) is 38.8 Å². The van der Waals surface area contributed by atoms with E-state index in [1.807, 2.05) is 20.0 Å². The SMILES string of the molecule is CCN1CCC(N(C)c2c(F)cccc2C(C)N)CC1. The summed E-state index contributed by atoms with van der Waals surface area (Å²) >= 11 is 0. The average molecular weight is 279 g/mol. The minimum absolute atomic E-state index is 0.154. The number of benzene rings is 1. The first kappa shape index (κ1) is 15.3. The standard InChI is InChI=1S/C16H26FN3/c1-4-20-10-8-13(9-11-20)19(3)16-14(12(2)18)6-5-7-15(16)17/h5-7,12-13H,4,8-11,18H2,1-3H3. The highest BCUT2D eigenvalue weighted by molar-refractivity contribution is 5.56. The summed E-state index contributed by atoms with van der Waals surface area (Å²) in [4.78, 5) is 4.54. The number of hydrogen-bond acceptors (Lipinski definition) is 3. The van der Waals surface area contributed by atoms with Crippen LogP contribution in [0, 0.1) is 5.82 Å². The summed E-state index contributed by atoms with van der Waals surface area (Å²) in [6, 6.07) is 5.44. The van der Waals surface area contributed by atoms with E-state index in [9.17, 15) is 4.39 Å². The fourth-order valence-electron chi connectivity index (χ4n) is 3.08. The maximum absolute atomic E-state index is 14.3. The van der Waals surface area contributed by atoms with Gasteiger partial charge in [-0.1, -0.05) is 19.1 Å². The molecule has 1 heterocycles. The molecule has 1 aliphatic rings. The molecule has 0 aromatic heterocycles. The molecule has 0 saturated carbocycles. The fourth-order valence-corrected chi connectivity index (χ4v) is 3.08. The maximum Gasteiger partial charge on any atom is 0.146 e. The third-order valence-electron chi connectivity index (χ3n) is 4.41. The Kier molecular flexibility index (Phi) is 5.00. The van der Waals surface area contributed by atoms with Crippen LogP contribution < -0.4 is 10.6 Å². The fraction of sp³-hybridized carbons (Fsp3) is 0.625. The molecule has 1 unspecified atom stereocenters. The van der Waals surface area contributed by atoms with E-state index >= 15 is 0 Å². The highest BCUT2D eigenvalue weighted by Crippen LogP contribution is 2.31. The van der Waals surface area contributed by atoms with Gasteiger partial charge in [0.1, 0.15) is 5.82 Å². The molecule has 2 N–H and O–H groups in total. The second kappa shape index (κ2) is 6.55. The predicted octanol–water partition coefficient (Wildman–Crippen LogP) is 2.77. The third-order valence-corrected chi connectivity index (χ3v) is 4.41. The van der Waals surface area contributed by atoms with Crippen LogP contribution >= 0.6 is 0 Å². The van der Waals surface area contributed by atoms with Crippen LogP contribution in [0.2, 0.25) is 0 Å². The number of anilines is 1. The van der Waals surface area contributed by atoms with E-state index in [4.69, 9.17) is 5.73 Å². The lowest BCUT2D eigenvalue weighted by atomic mass is 9.99. The van der Waals surface area contributed by atoms with Crippen LogP contribution in [0.25, 0.3) is 0 Å². The average Bonchev–Trinajstić information content (AvgIpc) is 2.46. The van der Waals surface area contributed by atoms with Gasteiger partial charge in [-0.3, -0.25) is 0 Å². The van der Waals surface area contributed by atoms with Crippen molar-refractivity contribution in [2.75, 3.05) is 31.6 Å².